The van der Waals surface area contributed by atoms with Gasteiger partial charge in [-0.1, -0.05) is 54.1 Å². The zero-order valence-corrected chi connectivity index (χ0v) is 11.2. The third-order valence-electron chi connectivity index (χ3n) is 3.09. The summed E-state index contributed by atoms with van der Waals surface area (Å²) >= 11 is 0. The molecule has 0 saturated heterocycles. The van der Waals surface area contributed by atoms with Crippen molar-refractivity contribution in [2.75, 3.05) is 5.73 Å². The van der Waals surface area contributed by atoms with E-state index in [4.69, 9.17) is 5.73 Å². The van der Waals surface area contributed by atoms with Crippen LogP contribution in [0.25, 0.3) is 22.6 Å². The molecule has 0 fully saturated rings. The van der Waals surface area contributed by atoms with E-state index in [9.17, 15) is 0 Å². The fraction of sp³-hybridized carbons (Fsp3) is 0.0588. The Balaban J connectivity index is 2.12. The minimum atomic E-state index is 0.482. The van der Waals surface area contributed by atoms with Crippen LogP contribution in [0.2, 0.25) is 0 Å². The van der Waals surface area contributed by atoms with Gasteiger partial charge in [-0.05, 0) is 13.0 Å². The highest BCUT2D eigenvalue weighted by Crippen LogP contribution is 2.23. The lowest BCUT2D eigenvalue weighted by Crippen LogP contribution is -1.98. The van der Waals surface area contributed by atoms with Gasteiger partial charge in [-0.2, -0.15) is 0 Å². The molecule has 1 aromatic heterocycles. The van der Waals surface area contributed by atoms with Crippen LogP contribution >= 0.6 is 0 Å². The monoisotopic (exact) mass is 261 g/mol. The molecule has 20 heavy (non-hydrogen) atoms. The zero-order chi connectivity index (χ0) is 13.9. The Morgan fingerprint density at radius 1 is 0.800 bits per heavy atom. The fourth-order valence-electron chi connectivity index (χ4n) is 2.14. The molecule has 0 aliphatic heterocycles. The lowest BCUT2D eigenvalue weighted by molar-refractivity contribution is 1.18. The van der Waals surface area contributed by atoms with E-state index in [1.54, 1.807) is 6.07 Å². The van der Waals surface area contributed by atoms with Crippen molar-refractivity contribution in [1.29, 1.82) is 0 Å². The number of aryl methyl sites for hydroxylation is 1. The second-order valence-electron chi connectivity index (χ2n) is 4.74. The Morgan fingerprint density at radius 3 is 2.30 bits per heavy atom. The molecule has 0 radical (unpaired) electrons. The van der Waals surface area contributed by atoms with Gasteiger partial charge in [0.15, 0.2) is 5.82 Å². The van der Waals surface area contributed by atoms with Crippen molar-refractivity contribution < 1.29 is 0 Å². The number of benzene rings is 2. The highest BCUT2D eigenvalue weighted by atomic mass is 14.9. The molecule has 0 spiro atoms. The van der Waals surface area contributed by atoms with Crippen molar-refractivity contribution in [2.24, 2.45) is 0 Å². The largest absolute Gasteiger partial charge is 0.384 e. The van der Waals surface area contributed by atoms with E-state index in [1.165, 1.54) is 5.56 Å². The Kier molecular flexibility index (Phi) is 3.17. The number of rotatable bonds is 2. The van der Waals surface area contributed by atoms with E-state index in [1.807, 2.05) is 55.5 Å². The molecule has 0 atom stereocenters. The lowest BCUT2D eigenvalue weighted by Gasteiger charge is -2.06. The molecule has 2 aromatic carbocycles. The number of hydrogen-bond donors (Lipinski definition) is 1. The molecule has 0 aliphatic rings. The van der Waals surface area contributed by atoms with Gasteiger partial charge in [0.1, 0.15) is 5.82 Å². The molecule has 0 saturated carbocycles. The SMILES string of the molecule is Cc1cccc(-c2nc(N)cc(-c3ccccc3)n2)c1. The Labute approximate surface area is 118 Å². The molecule has 0 bridgehead atoms. The van der Waals surface area contributed by atoms with E-state index in [0.29, 0.717) is 11.6 Å². The van der Waals surface area contributed by atoms with Crippen LogP contribution in [0.15, 0.2) is 60.7 Å². The summed E-state index contributed by atoms with van der Waals surface area (Å²) in [6, 6.07) is 19.9. The number of nitrogens with two attached hydrogens (primary N) is 1. The molecule has 3 rings (SSSR count). The number of anilines is 1. The summed E-state index contributed by atoms with van der Waals surface area (Å²) in [4.78, 5) is 8.96. The summed E-state index contributed by atoms with van der Waals surface area (Å²) in [5.74, 6) is 1.14. The van der Waals surface area contributed by atoms with Crippen LogP contribution in [-0.2, 0) is 0 Å². The van der Waals surface area contributed by atoms with E-state index in [0.717, 1.165) is 16.8 Å². The van der Waals surface area contributed by atoms with Gasteiger partial charge in [0.05, 0.1) is 5.69 Å². The summed E-state index contributed by atoms with van der Waals surface area (Å²) in [6.45, 7) is 2.05. The molecular weight excluding hydrogens is 246 g/mol. The first-order valence-electron chi connectivity index (χ1n) is 6.49. The minimum Gasteiger partial charge on any atom is -0.384 e. The highest BCUT2D eigenvalue weighted by Gasteiger charge is 2.07. The number of aromatic nitrogens is 2. The molecule has 3 aromatic rings. The molecule has 0 unspecified atom stereocenters. The first-order valence-corrected chi connectivity index (χ1v) is 6.49. The third-order valence-corrected chi connectivity index (χ3v) is 3.09. The van der Waals surface area contributed by atoms with Gasteiger partial charge in [-0.3, -0.25) is 0 Å². The highest BCUT2D eigenvalue weighted by molar-refractivity contribution is 5.67. The van der Waals surface area contributed by atoms with Gasteiger partial charge in [-0.25, -0.2) is 9.97 Å². The maximum Gasteiger partial charge on any atom is 0.162 e. The van der Waals surface area contributed by atoms with E-state index < -0.39 is 0 Å². The van der Waals surface area contributed by atoms with E-state index >= 15 is 0 Å². The van der Waals surface area contributed by atoms with Crippen LogP contribution in [0, 0.1) is 6.92 Å². The molecule has 1 heterocycles. The Bertz CT molecular complexity index is 736. The van der Waals surface area contributed by atoms with Gasteiger partial charge in [0, 0.05) is 17.2 Å². The predicted molar refractivity (Wildman–Crippen MR) is 82.1 cm³/mol. The van der Waals surface area contributed by atoms with Gasteiger partial charge in [-0.15, -0.1) is 0 Å². The van der Waals surface area contributed by atoms with Crippen LogP contribution in [0.4, 0.5) is 5.82 Å². The van der Waals surface area contributed by atoms with Crippen molar-refractivity contribution in [3.8, 4) is 22.6 Å². The predicted octanol–water partition coefficient (Wildman–Crippen LogP) is 3.70. The first-order chi connectivity index (χ1) is 9.72. The second-order valence-corrected chi connectivity index (χ2v) is 4.74. The molecule has 3 nitrogen and oxygen atoms in total. The smallest absolute Gasteiger partial charge is 0.162 e. The van der Waals surface area contributed by atoms with E-state index in [-0.39, 0.29) is 0 Å². The lowest BCUT2D eigenvalue weighted by atomic mass is 10.1. The first kappa shape index (κ1) is 12.4. The minimum absolute atomic E-state index is 0.482. The third kappa shape index (κ3) is 2.52. The Hall–Kier alpha value is -2.68. The summed E-state index contributed by atoms with van der Waals surface area (Å²) in [5, 5.41) is 0. The normalized spacial score (nSPS) is 10.4. The van der Waals surface area contributed by atoms with Gasteiger partial charge in [0.2, 0.25) is 0 Å². The number of nitrogen functional groups attached to an aromatic ring is 1. The van der Waals surface area contributed by atoms with Crippen LogP contribution in [0.5, 0.6) is 0 Å². The molecular formula is C17H15N3. The van der Waals surface area contributed by atoms with Crippen molar-refractivity contribution in [1.82, 2.24) is 9.97 Å². The molecule has 2 N–H and O–H groups in total. The van der Waals surface area contributed by atoms with Crippen LogP contribution in [0.3, 0.4) is 0 Å². The fourth-order valence-corrected chi connectivity index (χ4v) is 2.14. The molecule has 98 valence electrons. The summed E-state index contributed by atoms with van der Waals surface area (Å²) in [6.07, 6.45) is 0. The maximum atomic E-state index is 5.92. The quantitative estimate of drug-likeness (QED) is 0.765. The topological polar surface area (TPSA) is 51.8 Å². The second kappa shape index (κ2) is 5.13. The van der Waals surface area contributed by atoms with E-state index in [2.05, 4.69) is 16.0 Å². The summed E-state index contributed by atoms with van der Waals surface area (Å²) in [7, 11) is 0. The van der Waals surface area contributed by atoms with Crippen molar-refractivity contribution in [2.45, 2.75) is 6.92 Å². The van der Waals surface area contributed by atoms with Crippen molar-refractivity contribution >= 4 is 5.82 Å². The van der Waals surface area contributed by atoms with Gasteiger partial charge in [0.25, 0.3) is 0 Å². The Morgan fingerprint density at radius 2 is 1.55 bits per heavy atom. The maximum absolute atomic E-state index is 5.92. The average Bonchev–Trinajstić information content (AvgIpc) is 2.47. The molecule has 0 aliphatic carbocycles. The summed E-state index contributed by atoms with van der Waals surface area (Å²) in [5.41, 5.74) is 9.96. The van der Waals surface area contributed by atoms with Crippen LogP contribution < -0.4 is 5.73 Å². The number of hydrogen-bond acceptors (Lipinski definition) is 3. The van der Waals surface area contributed by atoms with Gasteiger partial charge < -0.3 is 5.73 Å². The average molecular weight is 261 g/mol. The number of nitrogens with zero attached hydrogens (tertiary/aromatic N) is 2. The van der Waals surface area contributed by atoms with Gasteiger partial charge >= 0.3 is 0 Å². The summed E-state index contributed by atoms with van der Waals surface area (Å²) < 4.78 is 0. The van der Waals surface area contributed by atoms with Crippen molar-refractivity contribution in [3.63, 3.8) is 0 Å². The standard InChI is InChI=1S/C17H15N3/c1-12-6-5-9-14(10-12)17-19-15(11-16(18)20-17)13-7-3-2-4-8-13/h2-11H,1H3,(H2,18,19,20). The van der Waals surface area contributed by atoms with Crippen LogP contribution in [-0.4, -0.2) is 9.97 Å². The zero-order valence-electron chi connectivity index (χ0n) is 11.2. The molecule has 0 amide bonds. The van der Waals surface area contributed by atoms with Crippen molar-refractivity contribution in [3.05, 3.63) is 66.2 Å². The molecule has 3 heteroatoms. The van der Waals surface area contributed by atoms with Crippen LogP contribution in [0.1, 0.15) is 5.56 Å².